The molecule has 9 heteroatoms. The molecule has 0 radical (unpaired) electrons. The first-order valence-corrected chi connectivity index (χ1v) is 8.28. The van der Waals surface area contributed by atoms with E-state index in [-0.39, 0.29) is 17.7 Å². The highest BCUT2D eigenvalue weighted by molar-refractivity contribution is 7.99. The fourth-order valence-electron chi connectivity index (χ4n) is 2.68. The molecule has 2 amide bonds. The lowest BCUT2D eigenvalue weighted by Crippen LogP contribution is -2.49. The predicted molar refractivity (Wildman–Crippen MR) is 76.6 cm³/mol. The van der Waals surface area contributed by atoms with Crippen molar-refractivity contribution in [2.75, 3.05) is 18.2 Å². The minimum absolute atomic E-state index is 0.00184. The number of halogens is 3. The van der Waals surface area contributed by atoms with Crippen molar-refractivity contribution < 1.29 is 27.2 Å². The summed E-state index contributed by atoms with van der Waals surface area (Å²) in [6, 6.07) is 2.70. The van der Waals surface area contributed by atoms with E-state index in [2.05, 4.69) is 0 Å². The van der Waals surface area contributed by atoms with E-state index in [1.54, 1.807) is 12.1 Å². The van der Waals surface area contributed by atoms with Gasteiger partial charge in [-0.05, 0) is 18.6 Å². The molecule has 1 aromatic rings. The van der Waals surface area contributed by atoms with E-state index in [0.29, 0.717) is 18.1 Å². The topological polar surface area (TPSA) is 62.6 Å². The van der Waals surface area contributed by atoms with Crippen molar-refractivity contribution in [2.24, 2.45) is 5.92 Å². The summed E-state index contributed by atoms with van der Waals surface area (Å²) in [5.41, 5.74) is 0. The number of hydrogen-bond donors (Lipinski definition) is 1. The molecule has 3 rings (SSSR count). The van der Waals surface area contributed by atoms with E-state index in [9.17, 15) is 22.8 Å². The van der Waals surface area contributed by atoms with Crippen molar-refractivity contribution in [1.29, 1.82) is 0 Å². The smallest absolute Gasteiger partial charge is 0.405 e. The van der Waals surface area contributed by atoms with Gasteiger partial charge in [0.05, 0.1) is 12.1 Å². The molecular weight excluding hydrogens is 333 g/mol. The van der Waals surface area contributed by atoms with E-state index in [1.807, 2.05) is 5.32 Å². The van der Waals surface area contributed by atoms with Gasteiger partial charge < -0.3 is 14.6 Å². The first-order valence-electron chi connectivity index (χ1n) is 7.13. The van der Waals surface area contributed by atoms with E-state index in [0.717, 1.165) is 5.76 Å². The Kier molecular flexibility index (Phi) is 4.31. The third-order valence-corrected chi connectivity index (χ3v) is 4.96. The Hall–Kier alpha value is -1.64. The maximum absolute atomic E-state index is 12.5. The van der Waals surface area contributed by atoms with Gasteiger partial charge in [0.25, 0.3) is 0 Å². The van der Waals surface area contributed by atoms with Gasteiger partial charge in [-0.25, -0.2) is 0 Å². The van der Waals surface area contributed by atoms with Crippen LogP contribution in [0.1, 0.15) is 18.1 Å². The number of nitrogens with one attached hydrogen (secondary N) is 1. The summed E-state index contributed by atoms with van der Waals surface area (Å²) >= 11 is 1.36. The second-order valence-corrected chi connectivity index (χ2v) is 6.62. The fraction of sp³-hybridized carbons (Fsp3) is 0.571. The minimum atomic E-state index is -4.46. The van der Waals surface area contributed by atoms with Crippen LogP contribution in [-0.4, -0.2) is 47.1 Å². The molecule has 1 aliphatic carbocycles. The lowest BCUT2D eigenvalue weighted by molar-refractivity contribution is -0.145. The Bertz CT molecular complexity index is 591. The quantitative estimate of drug-likeness (QED) is 0.904. The first kappa shape index (κ1) is 16.2. The first-order chi connectivity index (χ1) is 10.9. The number of thioether (sulfide) groups is 1. The minimum Gasteiger partial charge on any atom is -0.469 e. The maximum Gasteiger partial charge on any atom is 0.405 e. The molecule has 2 heterocycles. The van der Waals surface area contributed by atoms with Crippen LogP contribution in [0.15, 0.2) is 22.8 Å². The van der Waals surface area contributed by atoms with Gasteiger partial charge in [-0.15, -0.1) is 11.8 Å². The highest BCUT2D eigenvalue weighted by Crippen LogP contribution is 2.49. The molecule has 2 aliphatic rings. The average molecular weight is 348 g/mol. The van der Waals surface area contributed by atoms with Gasteiger partial charge in [0.1, 0.15) is 18.3 Å². The van der Waals surface area contributed by atoms with E-state index < -0.39 is 24.7 Å². The van der Waals surface area contributed by atoms with E-state index in [4.69, 9.17) is 4.42 Å². The maximum atomic E-state index is 12.5. The summed E-state index contributed by atoms with van der Waals surface area (Å²) < 4.78 is 41.9. The van der Waals surface area contributed by atoms with Gasteiger partial charge in [0, 0.05) is 17.6 Å². The number of nitrogens with zero attached hydrogens (tertiary/aromatic N) is 1. The molecule has 1 aliphatic heterocycles. The molecule has 5 nitrogen and oxygen atoms in total. The molecule has 0 bridgehead atoms. The van der Waals surface area contributed by atoms with Crippen LogP contribution in [0.2, 0.25) is 0 Å². The van der Waals surface area contributed by atoms with Gasteiger partial charge in [-0.1, -0.05) is 0 Å². The van der Waals surface area contributed by atoms with Crippen LogP contribution in [0.25, 0.3) is 0 Å². The molecular formula is C14H15F3N2O3S. The molecule has 1 N–H and O–H groups in total. The fourth-order valence-corrected chi connectivity index (χ4v) is 3.84. The number of amides is 2. The normalized spacial score (nSPS) is 27.1. The van der Waals surface area contributed by atoms with Crippen molar-refractivity contribution in [3.63, 3.8) is 0 Å². The van der Waals surface area contributed by atoms with Crippen molar-refractivity contribution >= 4 is 23.6 Å². The van der Waals surface area contributed by atoms with Gasteiger partial charge in [-0.2, -0.15) is 13.2 Å². The molecule has 0 unspecified atom stereocenters. The summed E-state index contributed by atoms with van der Waals surface area (Å²) in [5, 5.41) is 1.86. The molecule has 1 saturated carbocycles. The Balaban J connectivity index is 1.59. The Morgan fingerprint density at radius 1 is 1.43 bits per heavy atom. The van der Waals surface area contributed by atoms with Crippen LogP contribution >= 0.6 is 11.8 Å². The van der Waals surface area contributed by atoms with Crippen molar-refractivity contribution in [1.82, 2.24) is 10.2 Å². The predicted octanol–water partition coefficient (Wildman–Crippen LogP) is 1.96. The van der Waals surface area contributed by atoms with Crippen LogP contribution < -0.4 is 5.32 Å². The number of hydrogen-bond acceptors (Lipinski definition) is 4. The summed E-state index contributed by atoms with van der Waals surface area (Å²) in [6.45, 7) is -1.38. The largest absolute Gasteiger partial charge is 0.469 e. The number of rotatable bonds is 4. The SMILES string of the molecule is O=C(NCC(F)(F)F)[C@@H]1CSCN1C(=O)[C@H]1C[C@H]1c1ccco1. The zero-order valence-corrected chi connectivity index (χ0v) is 12.8. The summed E-state index contributed by atoms with van der Waals surface area (Å²) in [5.74, 6) is 0.171. The van der Waals surface area contributed by atoms with E-state index in [1.165, 1.54) is 22.9 Å². The molecule has 0 aromatic carbocycles. The second kappa shape index (κ2) is 6.10. The number of furan rings is 1. The standard InChI is InChI=1S/C14H15F3N2O3S/c15-14(16,17)6-18-12(20)10-5-23-7-19(10)13(21)9-4-8(9)11-2-1-3-22-11/h1-3,8-10H,4-7H2,(H,18,20)/t8-,9+,10+/m1/s1. The Morgan fingerprint density at radius 2 is 2.22 bits per heavy atom. The number of carbonyl (C=O) groups is 2. The van der Waals surface area contributed by atoms with E-state index >= 15 is 0 Å². The van der Waals surface area contributed by atoms with Crippen LogP contribution in [0.4, 0.5) is 13.2 Å². The molecule has 23 heavy (non-hydrogen) atoms. The van der Waals surface area contributed by atoms with Crippen LogP contribution in [0.3, 0.4) is 0 Å². The van der Waals surface area contributed by atoms with Crippen molar-refractivity contribution in [3.05, 3.63) is 24.2 Å². The second-order valence-electron chi connectivity index (χ2n) is 5.62. The molecule has 126 valence electrons. The van der Waals surface area contributed by atoms with Gasteiger partial charge in [-0.3, -0.25) is 9.59 Å². The van der Waals surface area contributed by atoms with Gasteiger partial charge >= 0.3 is 6.18 Å². The summed E-state index contributed by atoms with van der Waals surface area (Å²) in [7, 11) is 0. The zero-order chi connectivity index (χ0) is 16.6. The Labute approximate surface area is 134 Å². The van der Waals surface area contributed by atoms with Crippen LogP contribution in [-0.2, 0) is 9.59 Å². The average Bonchev–Trinajstić information content (AvgIpc) is 2.93. The van der Waals surface area contributed by atoms with Crippen LogP contribution in [0, 0.1) is 5.92 Å². The molecule has 2 fully saturated rings. The Morgan fingerprint density at radius 3 is 2.87 bits per heavy atom. The molecule has 0 spiro atoms. The van der Waals surface area contributed by atoms with Crippen molar-refractivity contribution in [3.8, 4) is 0 Å². The van der Waals surface area contributed by atoms with Gasteiger partial charge in [0.2, 0.25) is 11.8 Å². The lowest BCUT2D eigenvalue weighted by Gasteiger charge is -2.23. The number of alkyl halides is 3. The van der Waals surface area contributed by atoms with Crippen LogP contribution in [0.5, 0.6) is 0 Å². The highest BCUT2D eigenvalue weighted by atomic mass is 32.2. The highest BCUT2D eigenvalue weighted by Gasteiger charge is 2.50. The van der Waals surface area contributed by atoms with Gasteiger partial charge in [0.15, 0.2) is 0 Å². The third kappa shape index (κ3) is 3.65. The monoisotopic (exact) mass is 348 g/mol. The molecule has 3 atom stereocenters. The zero-order valence-electron chi connectivity index (χ0n) is 12.0. The lowest BCUT2D eigenvalue weighted by atomic mass is 10.2. The number of carbonyl (C=O) groups excluding carboxylic acids is 2. The summed E-state index contributed by atoms with van der Waals surface area (Å²) in [4.78, 5) is 25.8. The van der Waals surface area contributed by atoms with Crippen molar-refractivity contribution in [2.45, 2.75) is 24.6 Å². The third-order valence-electron chi connectivity index (χ3n) is 3.95. The molecule has 1 saturated heterocycles. The molecule has 1 aromatic heterocycles. The summed E-state index contributed by atoms with van der Waals surface area (Å²) in [6.07, 6.45) is -2.28.